The number of thioether (sulfide) groups is 1. The van der Waals surface area contributed by atoms with Gasteiger partial charge in [0.15, 0.2) is 0 Å². The Hall–Kier alpha value is -2.06. The number of allylic oxidation sites excluding steroid dienone is 1. The van der Waals surface area contributed by atoms with Crippen LogP contribution < -0.4 is 4.74 Å². The predicted molar refractivity (Wildman–Crippen MR) is 96.3 cm³/mol. The third-order valence-electron chi connectivity index (χ3n) is 4.55. The zero-order valence-corrected chi connectivity index (χ0v) is 14.7. The summed E-state index contributed by atoms with van der Waals surface area (Å²) in [6.07, 6.45) is 4.15. The molecule has 0 bridgehead atoms. The van der Waals surface area contributed by atoms with E-state index >= 15 is 0 Å². The van der Waals surface area contributed by atoms with Gasteiger partial charge in [-0.05, 0) is 32.1 Å². The van der Waals surface area contributed by atoms with Gasteiger partial charge in [-0.2, -0.15) is 5.26 Å². The highest BCUT2D eigenvalue weighted by Crippen LogP contribution is 2.46. The Kier molecular flexibility index (Phi) is 5.06. The van der Waals surface area contributed by atoms with Crippen molar-refractivity contribution in [1.29, 1.82) is 5.26 Å². The molecule has 1 heterocycles. The zero-order valence-electron chi connectivity index (χ0n) is 13.9. The number of rotatable bonds is 4. The van der Waals surface area contributed by atoms with Gasteiger partial charge in [-0.1, -0.05) is 18.2 Å². The molecule has 3 rings (SSSR count). The van der Waals surface area contributed by atoms with Crippen LogP contribution in [0.2, 0.25) is 0 Å². The molecule has 1 saturated carbocycles. The Labute approximate surface area is 146 Å². The second-order valence-corrected chi connectivity index (χ2v) is 6.68. The first-order valence-electron chi connectivity index (χ1n) is 8.21. The van der Waals surface area contributed by atoms with Gasteiger partial charge in [0.2, 0.25) is 0 Å². The fourth-order valence-electron chi connectivity index (χ4n) is 3.57. The number of carbonyl (C=O) groups is 1. The van der Waals surface area contributed by atoms with Gasteiger partial charge in [0.05, 0.1) is 24.2 Å². The molecule has 1 aromatic rings. The molecule has 4 nitrogen and oxygen atoms in total. The molecule has 124 valence electrons. The molecule has 1 fully saturated rings. The molecule has 0 spiro atoms. The number of ketones is 1. The van der Waals surface area contributed by atoms with Gasteiger partial charge in [-0.25, -0.2) is 4.99 Å². The summed E-state index contributed by atoms with van der Waals surface area (Å²) in [7, 11) is 0. The highest BCUT2D eigenvalue weighted by molar-refractivity contribution is 8.02. The molecule has 1 aliphatic carbocycles. The summed E-state index contributed by atoms with van der Waals surface area (Å²) in [6.45, 7) is 2.48. The van der Waals surface area contributed by atoms with E-state index in [2.05, 4.69) is 11.1 Å². The number of aliphatic imine (C=N–C) groups is 1. The number of benzene rings is 1. The summed E-state index contributed by atoms with van der Waals surface area (Å²) < 4.78 is 5.78. The number of fused-ring (bicyclic) bond motifs is 1. The smallest absolute Gasteiger partial charge is 0.142 e. The number of hydrogen-bond acceptors (Lipinski definition) is 5. The summed E-state index contributed by atoms with van der Waals surface area (Å²) in [4.78, 5) is 17.3. The maximum Gasteiger partial charge on any atom is 0.142 e. The SMILES string of the molecule is CCOc1ccccc1[C@@H]1C(C#N)=C(SC)N=C2CCCC(=O)[C@H]21. The second-order valence-electron chi connectivity index (χ2n) is 5.88. The fourth-order valence-corrected chi connectivity index (χ4v) is 4.17. The van der Waals surface area contributed by atoms with E-state index in [0.717, 1.165) is 34.9 Å². The van der Waals surface area contributed by atoms with E-state index in [1.807, 2.05) is 37.4 Å². The molecular weight excluding hydrogens is 320 g/mol. The number of carbonyl (C=O) groups excluding carboxylic acids is 1. The minimum Gasteiger partial charge on any atom is -0.494 e. The molecule has 2 aliphatic rings. The van der Waals surface area contributed by atoms with Crippen molar-refractivity contribution in [1.82, 2.24) is 0 Å². The van der Waals surface area contributed by atoms with Gasteiger partial charge < -0.3 is 4.74 Å². The summed E-state index contributed by atoms with van der Waals surface area (Å²) in [5, 5.41) is 10.5. The van der Waals surface area contributed by atoms with Gasteiger partial charge in [0.25, 0.3) is 0 Å². The van der Waals surface area contributed by atoms with Crippen LogP contribution in [0.3, 0.4) is 0 Å². The lowest BCUT2D eigenvalue weighted by Gasteiger charge is -2.35. The molecule has 24 heavy (non-hydrogen) atoms. The molecule has 0 unspecified atom stereocenters. The molecule has 1 aromatic carbocycles. The van der Waals surface area contributed by atoms with Crippen molar-refractivity contribution in [3.05, 3.63) is 40.4 Å². The first-order valence-corrected chi connectivity index (χ1v) is 9.43. The number of nitrogens with zero attached hydrogens (tertiary/aromatic N) is 2. The second kappa shape index (κ2) is 7.23. The van der Waals surface area contributed by atoms with Crippen LogP contribution in [0.1, 0.15) is 37.7 Å². The molecule has 0 amide bonds. The molecule has 0 N–H and O–H groups in total. The average molecular weight is 340 g/mol. The fraction of sp³-hybridized carbons (Fsp3) is 0.421. The summed E-state index contributed by atoms with van der Waals surface area (Å²) in [5.41, 5.74) is 2.42. The van der Waals surface area contributed by atoms with Crippen molar-refractivity contribution >= 4 is 23.3 Å². The van der Waals surface area contributed by atoms with Crippen molar-refractivity contribution < 1.29 is 9.53 Å². The number of Topliss-reactive ketones (excluding diaryl/α,β-unsaturated/α-hetero) is 1. The van der Waals surface area contributed by atoms with Gasteiger partial charge in [-0.15, -0.1) is 11.8 Å². The van der Waals surface area contributed by atoms with Crippen LogP contribution >= 0.6 is 11.8 Å². The quantitative estimate of drug-likeness (QED) is 0.828. The molecule has 5 heteroatoms. The van der Waals surface area contributed by atoms with E-state index in [0.29, 0.717) is 18.6 Å². The van der Waals surface area contributed by atoms with Gasteiger partial charge in [0, 0.05) is 23.6 Å². The van der Waals surface area contributed by atoms with Crippen LogP contribution in [0, 0.1) is 17.2 Å². The van der Waals surface area contributed by atoms with Gasteiger partial charge in [-0.3, -0.25) is 4.79 Å². The van der Waals surface area contributed by atoms with Crippen molar-refractivity contribution in [2.24, 2.45) is 10.9 Å². The molecular formula is C19H20N2O2S. The number of ether oxygens (including phenoxy) is 1. The van der Waals surface area contributed by atoms with E-state index in [-0.39, 0.29) is 17.6 Å². The number of para-hydroxylation sites is 1. The number of nitriles is 1. The van der Waals surface area contributed by atoms with E-state index in [9.17, 15) is 10.1 Å². The largest absolute Gasteiger partial charge is 0.494 e. The monoisotopic (exact) mass is 340 g/mol. The van der Waals surface area contributed by atoms with Crippen molar-refractivity contribution in [3.8, 4) is 11.8 Å². The Morgan fingerprint density at radius 1 is 1.33 bits per heavy atom. The standard InChI is InChI=1S/C19H20N2O2S/c1-3-23-16-10-5-4-7-12(16)17-13(11-20)19(24-2)21-14-8-6-9-15(22)18(14)17/h4-5,7,10,17-18H,3,6,8-9H2,1-2H3/t17-,18+/m1/s1. The van der Waals surface area contributed by atoms with Crippen molar-refractivity contribution in [2.75, 3.05) is 12.9 Å². The van der Waals surface area contributed by atoms with Gasteiger partial charge >= 0.3 is 0 Å². The predicted octanol–water partition coefficient (Wildman–Crippen LogP) is 4.09. The first kappa shape index (κ1) is 16.8. The van der Waals surface area contributed by atoms with Crippen LogP contribution in [0.4, 0.5) is 0 Å². The molecule has 2 atom stereocenters. The van der Waals surface area contributed by atoms with Gasteiger partial charge in [0.1, 0.15) is 16.6 Å². The maximum absolute atomic E-state index is 12.7. The van der Waals surface area contributed by atoms with E-state index in [1.54, 1.807) is 0 Å². The third-order valence-corrected chi connectivity index (χ3v) is 5.25. The Bertz CT molecular complexity index is 761. The zero-order chi connectivity index (χ0) is 17.1. The van der Waals surface area contributed by atoms with Crippen LogP contribution in [0.15, 0.2) is 39.9 Å². The van der Waals surface area contributed by atoms with Crippen LogP contribution in [-0.4, -0.2) is 24.4 Å². The maximum atomic E-state index is 12.7. The minimum atomic E-state index is -0.328. The molecule has 1 aliphatic heterocycles. The third kappa shape index (κ3) is 2.87. The van der Waals surface area contributed by atoms with Crippen molar-refractivity contribution in [3.63, 3.8) is 0 Å². The molecule has 0 saturated heterocycles. The Balaban J connectivity index is 2.19. The topological polar surface area (TPSA) is 62.4 Å². The summed E-state index contributed by atoms with van der Waals surface area (Å²) >= 11 is 1.47. The highest BCUT2D eigenvalue weighted by atomic mass is 32.2. The van der Waals surface area contributed by atoms with Crippen LogP contribution in [0.5, 0.6) is 5.75 Å². The van der Waals surface area contributed by atoms with E-state index < -0.39 is 0 Å². The minimum absolute atomic E-state index is 0.184. The molecule has 0 aromatic heterocycles. The lowest BCUT2D eigenvalue weighted by molar-refractivity contribution is -0.121. The van der Waals surface area contributed by atoms with E-state index in [4.69, 9.17) is 4.74 Å². The Morgan fingerprint density at radius 3 is 2.83 bits per heavy atom. The van der Waals surface area contributed by atoms with E-state index in [1.165, 1.54) is 11.8 Å². The average Bonchev–Trinajstić information content (AvgIpc) is 2.61. The normalized spacial score (nSPS) is 23.4. The summed E-state index contributed by atoms with van der Waals surface area (Å²) in [6, 6.07) is 10.0. The Morgan fingerprint density at radius 2 is 2.12 bits per heavy atom. The van der Waals surface area contributed by atoms with Crippen LogP contribution in [-0.2, 0) is 4.79 Å². The summed E-state index contributed by atoms with van der Waals surface area (Å²) in [5.74, 6) is 0.313. The first-order chi connectivity index (χ1) is 11.7. The lowest BCUT2D eigenvalue weighted by atomic mass is 9.70. The van der Waals surface area contributed by atoms with Crippen molar-refractivity contribution in [2.45, 2.75) is 32.1 Å². The number of hydrogen-bond donors (Lipinski definition) is 0. The van der Waals surface area contributed by atoms with Crippen LogP contribution in [0.25, 0.3) is 0 Å². The lowest BCUT2D eigenvalue weighted by Crippen LogP contribution is -2.37. The highest BCUT2D eigenvalue weighted by Gasteiger charge is 2.42. The molecule has 0 radical (unpaired) electrons.